The summed E-state index contributed by atoms with van der Waals surface area (Å²) in [4.78, 5) is 25.9. The number of hydrogen-bond acceptors (Lipinski definition) is 9. The zero-order chi connectivity index (χ0) is 21.6. The van der Waals surface area contributed by atoms with E-state index in [1.165, 1.54) is 20.8 Å². The van der Waals surface area contributed by atoms with Crippen LogP contribution < -0.4 is 16.0 Å². The van der Waals surface area contributed by atoms with Crippen molar-refractivity contribution in [2.24, 2.45) is 0 Å². The van der Waals surface area contributed by atoms with Crippen LogP contribution in [-0.2, 0) is 4.84 Å². The van der Waals surface area contributed by atoms with Gasteiger partial charge in [-0.2, -0.15) is 10.2 Å². The first kappa shape index (κ1) is 22.0. The number of amides is 1. The number of hydrogen-bond donors (Lipinski definition) is 4. The van der Waals surface area contributed by atoms with Gasteiger partial charge in [0.15, 0.2) is 5.82 Å². The standard InChI is InChI=1S/C19H23N5O5/c1-11(25)9-28-18-14(17(26)24-29-10-19(2,3)27)15(21)22-16(23-18)13-6-4-5-12(7-13)8-20/h4-7,11,25,27H,9-10H2,1-3H3,(H,24,26)(H2,21,22,23)/t11-/m1/s1. The highest BCUT2D eigenvalue weighted by atomic mass is 16.7. The Morgan fingerprint density at radius 2 is 2.14 bits per heavy atom. The Hall–Kier alpha value is -3.26. The first-order chi connectivity index (χ1) is 13.6. The van der Waals surface area contributed by atoms with Crippen LogP contribution in [0.1, 0.15) is 36.7 Å². The first-order valence-corrected chi connectivity index (χ1v) is 8.74. The number of anilines is 1. The SMILES string of the molecule is C[C@@H](O)COc1nc(-c2cccc(C#N)c2)nc(N)c1C(=O)NOCC(C)(C)O. The number of aromatic nitrogens is 2. The number of nitriles is 1. The average molecular weight is 401 g/mol. The number of nitrogen functional groups attached to an aromatic ring is 1. The van der Waals surface area contributed by atoms with Crippen LogP contribution in [0.3, 0.4) is 0 Å². The van der Waals surface area contributed by atoms with E-state index in [0.717, 1.165) is 0 Å². The summed E-state index contributed by atoms with van der Waals surface area (Å²) in [7, 11) is 0. The molecule has 29 heavy (non-hydrogen) atoms. The fraction of sp³-hybridized carbons (Fsp3) is 0.368. The van der Waals surface area contributed by atoms with Gasteiger partial charge in [-0.05, 0) is 32.9 Å². The molecule has 0 aliphatic heterocycles. The molecule has 10 nitrogen and oxygen atoms in total. The maximum absolute atomic E-state index is 12.5. The van der Waals surface area contributed by atoms with E-state index in [-0.39, 0.29) is 36.3 Å². The van der Waals surface area contributed by atoms with Crippen LogP contribution in [0.2, 0.25) is 0 Å². The largest absolute Gasteiger partial charge is 0.474 e. The number of carbonyl (C=O) groups is 1. The molecular formula is C19H23N5O5. The molecule has 0 fully saturated rings. The molecule has 1 aromatic heterocycles. The van der Waals surface area contributed by atoms with Gasteiger partial charge >= 0.3 is 0 Å². The molecule has 0 bridgehead atoms. The predicted molar refractivity (Wildman–Crippen MR) is 103 cm³/mol. The van der Waals surface area contributed by atoms with E-state index in [1.807, 2.05) is 6.07 Å². The fourth-order valence-electron chi connectivity index (χ4n) is 2.16. The van der Waals surface area contributed by atoms with Crippen LogP contribution in [0, 0.1) is 11.3 Å². The van der Waals surface area contributed by atoms with Gasteiger partial charge in [0.2, 0.25) is 5.88 Å². The molecule has 154 valence electrons. The molecule has 1 amide bonds. The van der Waals surface area contributed by atoms with Gasteiger partial charge in [-0.25, -0.2) is 10.5 Å². The van der Waals surface area contributed by atoms with Crippen molar-refractivity contribution in [2.45, 2.75) is 32.5 Å². The van der Waals surface area contributed by atoms with Crippen molar-refractivity contribution in [2.75, 3.05) is 18.9 Å². The summed E-state index contributed by atoms with van der Waals surface area (Å²) < 4.78 is 5.45. The third-order valence-corrected chi connectivity index (χ3v) is 3.43. The second-order valence-electron chi connectivity index (χ2n) is 7.00. The highest BCUT2D eigenvalue weighted by Gasteiger charge is 2.23. The molecule has 2 aromatic rings. The van der Waals surface area contributed by atoms with Gasteiger partial charge in [-0.1, -0.05) is 12.1 Å². The molecule has 0 saturated carbocycles. The zero-order valence-corrected chi connectivity index (χ0v) is 16.3. The number of nitrogens with one attached hydrogen (secondary N) is 1. The molecule has 5 N–H and O–H groups in total. The van der Waals surface area contributed by atoms with Gasteiger partial charge in [0, 0.05) is 5.56 Å². The van der Waals surface area contributed by atoms with Crippen LogP contribution in [0.15, 0.2) is 24.3 Å². The van der Waals surface area contributed by atoms with E-state index in [4.69, 9.17) is 20.6 Å². The summed E-state index contributed by atoms with van der Waals surface area (Å²) >= 11 is 0. The van der Waals surface area contributed by atoms with Crippen LogP contribution in [0.4, 0.5) is 5.82 Å². The lowest BCUT2D eigenvalue weighted by Gasteiger charge is -2.18. The molecule has 0 spiro atoms. The highest BCUT2D eigenvalue weighted by molar-refractivity contribution is 6.00. The summed E-state index contributed by atoms with van der Waals surface area (Å²) in [5.41, 5.74) is 7.70. The van der Waals surface area contributed by atoms with E-state index in [1.54, 1.807) is 24.3 Å². The van der Waals surface area contributed by atoms with Gasteiger partial charge < -0.3 is 20.7 Å². The van der Waals surface area contributed by atoms with Gasteiger partial charge in [0.1, 0.15) is 24.6 Å². The lowest BCUT2D eigenvalue weighted by molar-refractivity contribution is -0.0523. The minimum atomic E-state index is -1.16. The molecule has 0 aliphatic carbocycles. The minimum Gasteiger partial charge on any atom is -0.474 e. The van der Waals surface area contributed by atoms with Gasteiger partial charge in [-0.3, -0.25) is 9.63 Å². The summed E-state index contributed by atoms with van der Waals surface area (Å²) in [6.45, 7) is 4.23. The fourth-order valence-corrected chi connectivity index (χ4v) is 2.16. The molecule has 2 rings (SSSR count). The minimum absolute atomic E-state index is 0.140. The summed E-state index contributed by atoms with van der Waals surface area (Å²) in [5, 5.41) is 28.2. The first-order valence-electron chi connectivity index (χ1n) is 8.74. The van der Waals surface area contributed by atoms with Crippen molar-refractivity contribution < 1.29 is 24.6 Å². The third kappa shape index (κ3) is 6.39. The van der Waals surface area contributed by atoms with Crippen LogP contribution in [0.25, 0.3) is 11.4 Å². The number of aliphatic hydroxyl groups excluding tert-OH is 1. The van der Waals surface area contributed by atoms with Crippen molar-refractivity contribution in [3.63, 3.8) is 0 Å². The normalized spacial score (nSPS) is 12.1. The monoisotopic (exact) mass is 401 g/mol. The Balaban J connectivity index is 2.39. The lowest BCUT2D eigenvalue weighted by atomic mass is 10.1. The number of rotatable bonds is 8. The lowest BCUT2D eigenvalue weighted by Crippen LogP contribution is -2.34. The average Bonchev–Trinajstić information content (AvgIpc) is 2.64. The molecule has 0 radical (unpaired) electrons. The summed E-state index contributed by atoms with van der Waals surface area (Å²) in [6, 6.07) is 8.55. The molecule has 0 saturated heterocycles. The van der Waals surface area contributed by atoms with E-state index >= 15 is 0 Å². The number of ether oxygens (including phenoxy) is 1. The number of benzene rings is 1. The van der Waals surface area contributed by atoms with Crippen molar-refractivity contribution >= 4 is 11.7 Å². The Labute approximate surface area is 167 Å². The molecule has 1 heterocycles. The Kier molecular flexibility index (Phi) is 7.06. The second-order valence-corrected chi connectivity index (χ2v) is 7.00. The van der Waals surface area contributed by atoms with Crippen molar-refractivity contribution in [1.82, 2.24) is 15.4 Å². The Morgan fingerprint density at radius 3 is 2.76 bits per heavy atom. The van der Waals surface area contributed by atoms with Gasteiger partial charge in [-0.15, -0.1) is 0 Å². The van der Waals surface area contributed by atoms with Gasteiger partial charge in [0.05, 0.1) is 23.3 Å². The zero-order valence-electron chi connectivity index (χ0n) is 16.3. The number of hydroxylamine groups is 1. The summed E-state index contributed by atoms with van der Waals surface area (Å²) in [6.07, 6.45) is -0.820. The Morgan fingerprint density at radius 1 is 1.41 bits per heavy atom. The van der Waals surface area contributed by atoms with E-state index < -0.39 is 17.6 Å². The van der Waals surface area contributed by atoms with Crippen LogP contribution >= 0.6 is 0 Å². The molecule has 1 aromatic carbocycles. The smallest absolute Gasteiger partial charge is 0.284 e. The van der Waals surface area contributed by atoms with Crippen molar-refractivity contribution in [1.29, 1.82) is 5.26 Å². The molecular weight excluding hydrogens is 378 g/mol. The molecule has 0 aliphatic rings. The maximum Gasteiger partial charge on any atom is 0.284 e. The van der Waals surface area contributed by atoms with Crippen LogP contribution in [-0.4, -0.2) is 51.0 Å². The van der Waals surface area contributed by atoms with E-state index in [2.05, 4.69) is 15.4 Å². The van der Waals surface area contributed by atoms with Gasteiger partial charge in [0.25, 0.3) is 5.91 Å². The number of nitrogens with two attached hydrogens (primary N) is 1. The number of aliphatic hydroxyl groups is 2. The predicted octanol–water partition coefficient (Wildman–Crippen LogP) is 0.789. The van der Waals surface area contributed by atoms with E-state index in [0.29, 0.717) is 11.1 Å². The molecule has 1 atom stereocenters. The molecule has 0 unspecified atom stereocenters. The maximum atomic E-state index is 12.5. The second kappa shape index (κ2) is 9.29. The topological polar surface area (TPSA) is 164 Å². The number of nitrogens with zero attached hydrogens (tertiary/aromatic N) is 3. The van der Waals surface area contributed by atoms with Crippen molar-refractivity contribution in [3.8, 4) is 23.3 Å². The van der Waals surface area contributed by atoms with Crippen molar-refractivity contribution in [3.05, 3.63) is 35.4 Å². The quantitative estimate of drug-likeness (QED) is 0.468. The Bertz CT molecular complexity index is 918. The third-order valence-electron chi connectivity index (χ3n) is 3.43. The highest BCUT2D eigenvalue weighted by Crippen LogP contribution is 2.26. The summed E-state index contributed by atoms with van der Waals surface area (Å²) in [5.74, 6) is -0.957. The number of carbonyl (C=O) groups excluding carboxylic acids is 1. The molecule has 10 heteroatoms. The van der Waals surface area contributed by atoms with E-state index in [9.17, 15) is 15.0 Å². The van der Waals surface area contributed by atoms with Crippen LogP contribution in [0.5, 0.6) is 5.88 Å².